The number of thioether (sulfide) groups is 1. The van der Waals surface area contributed by atoms with Gasteiger partial charge in [0.25, 0.3) is 0 Å². The first-order valence-electron chi connectivity index (χ1n) is 9.19. The molecule has 5 nitrogen and oxygen atoms in total. The van der Waals surface area contributed by atoms with Crippen LogP contribution in [0.15, 0.2) is 65.3 Å². The standard InChI is InChI=1S/C19H27N3O2S.C2H6/c1-3-17(20)10-6-5-9-13-21-22-19(23-2)16-25-15-14-24-18-11-7-4-8-12-18;1-2/h3-5,7-9,11-13,17H,1,6,10,14-16,20H2,2H3;1-2H3/b9-5+,21-13+,22-19-;. The predicted octanol–water partition coefficient (Wildman–Crippen LogP) is 4.71. The maximum Gasteiger partial charge on any atom is 0.218 e. The quantitative estimate of drug-likeness (QED) is 0.184. The van der Waals surface area contributed by atoms with Crippen LogP contribution in [0.25, 0.3) is 0 Å². The Kier molecular flexibility index (Phi) is 17.3. The van der Waals surface area contributed by atoms with Gasteiger partial charge >= 0.3 is 0 Å². The normalized spacial score (nSPS) is 12.5. The summed E-state index contributed by atoms with van der Waals surface area (Å²) in [7, 11) is 1.60. The zero-order valence-corrected chi connectivity index (χ0v) is 17.5. The summed E-state index contributed by atoms with van der Waals surface area (Å²) >= 11 is 1.69. The van der Waals surface area contributed by atoms with Gasteiger partial charge in [0.05, 0.1) is 19.5 Å². The maximum atomic E-state index is 5.74. The fourth-order valence-corrected chi connectivity index (χ4v) is 2.42. The minimum Gasteiger partial charge on any atom is -0.493 e. The third-order valence-corrected chi connectivity index (χ3v) is 4.03. The molecule has 1 aromatic carbocycles. The van der Waals surface area contributed by atoms with Crippen molar-refractivity contribution in [2.24, 2.45) is 15.9 Å². The van der Waals surface area contributed by atoms with Gasteiger partial charge in [0.1, 0.15) is 5.75 Å². The molecular formula is C21H33N3O2S. The Balaban J connectivity index is 0.00000326. The molecule has 2 N–H and O–H groups in total. The molecule has 1 rings (SSSR count). The first-order valence-corrected chi connectivity index (χ1v) is 10.3. The van der Waals surface area contributed by atoms with E-state index < -0.39 is 0 Å². The van der Waals surface area contributed by atoms with E-state index in [0.717, 1.165) is 24.3 Å². The van der Waals surface area contributed by atoms with Gasteiger partial charge in [0.2, 0.25) is 5.90 Å². The maximum absolute atomic E-state index is 5.74. The minimum atomic E-state index is 0.0441. The van der Waals surface area contributed by atoms with Gasteiger partial charge in [-0.3, -0.25) is 0 Å². The smallest absolute Gasteiger partial charge is 0.218 e. The van der Waals surface area contributed by atoms with Crippen molar-refractivity contribution in [3.63, 3.8) is 0 Å². The van der Waals surface area contributed by atoms with Gasteiger partial charge in [0, 0.05) is 18.0 Å². The minimum absolute atomic E-state index is 0.0441. The van der Waals surface area contributed by atoms with Crippen molar-refractivity contribution < 1.29 is 9.47 Å². The van der Waals surface area contributed by atoms with Crippen LogP contribution >= 0.6 is 11.8 Å². The highest BCUT2D eigenvalue weighted by atomic mass is 32.2. The summed E-state index contributed by atoms with van der Waals surface area (Å²) in [5.41, 5.74) is 5.74. The summed E-state index contributed by atoms with van der Waals surface area (Å²) in [5, 5.41) is 8.04. The lowest BCUT2D eigenvalue weighted by Gasteiger charge is -2.06. The van der Waals surface area contributed by atoms with Crippen LogP contribution in [-0.2, 0) is 4.74 Å². The van der Waals surface area contributed by atoms with E-state index in [2.05, 4.69) is 16.8 Å². The molecule has 0 heterocycles. The lowest BCUT2D eigenvalue weighted by Crippen LogP contribution is -2.15. The first-order chi connectivity index (χ1) is 13.3. The van der Waals surface area contributed by atoms with E-state index in [1.807, 2.05) is 56.3 Å². The lowest BCUT2D eigenvalue weighted by atomic mass is 10.1. The van der Waals surface area contributed by atoms with Crippen LogP contribution in [0, 0.1) is 0 Å². The molecule has 0 radical (unpaired) electrons. The number of rotatable bonds is 12. The van der Waals surface area contributed by atoms with Gasteiger partial charge in [-0.05, 0) is 31.1 Å². The highest BCUT2D eigenvalue weighted by Crippen LogP contribution is 2.09. The van der Waals surface area contributed by atoms with Crippen molar-refractivity contribution in [3.8, 4) is 5.75 Å². The van der Waals surface area contributed by atoms with Gasteiger partial charge in [-0.15, -0.1) is 23.4 Å². The molecule has 6 heteroatoms. The van der Waals surface area contributed by atoms with Crippen LogP contribution in [0.5, 0.6) is 5.75 Å². The molecule has 1 unspecified atom stereocenters. The zero-order valence-electron chi connectivity index (χ0n) is 16.7. The Morgan fingerprint density at radius 1 is 1.30 bits per heavy atom. The topological polar surface area (TPSA) is 69.2 Å². The van der Waals surface area contributed by atoms with Crippen LogP contribution in [0.3, 0.4) is 0 Å². The Morgan fingerprint density at radius 2 is 2.04 bits per heavy atom. The number of hydrogen-bond acceptors (Lipinski definition) is 6. The van der Waals surface area contributed by atoms with E-state index in [1.54, 1.807) is 31.2 Å². The predicted molar refractivity (Wildman–Crippen MR) is 120 cm³/mol. The summed E-state index contributed by atoms with van der Waals surface area (Å²) in [6.45, 7) is 8.30. The van der Waals surface area contributed by atoms with Gasteiger partial charge in [-0.1, -0.05) is 44.2 Å². The van der Waals surface area contributed by atoms with E-state index in [0.29, 0.717) is 18.3 Å². The SMILES string of the molecule is C=CC(N)CC/C=C/C=N/N=C(/CSCCOc1ccccc1)OC.CC. The summed E-state index contributed by atoms with van der Waals surface area (Å²) in [6, 6.07) is 9.81. The number of benzene rings is 1. The molecule has 0 aliphatic rings. The van der Waals surface area contributed by atoms with Crippen LogP contribution in [-0.4, -0.2) is 43.4 Å². The van der Waals surface area contributed by atoms with Gasteiger partial charge in [0.15, 0.2) is 0 Å². The number of methoxy groups -OCH3 is 1. The van der Waals surface area contributed by atoms with Crippen LogP contribution in [0.2, 0.25) is 0 Å². The number of ether oxygens (including phenoxy) is 2. The molecule has 0 saturated heterocycles. The summed E-state index contributed by atoms with van der Waals surface area (Å²) < 4.78 is 10.8. The average Bonchev–Trinajstić information content (AvgIpc) is 2.73. The number of hydrogen-bond donors (Lipinski definition) is 1. The van der Waals surface area contributed by atoms with Crippen molar-refractivity contribution in [1.29, 1.82) is 0 Å². The van der Waals surface area contributed by atoms with E-state index in [9.17, 15) is 0 Å². The molecule has 1 aromatic rings. The van der Waals surface area contributed by atoms with Gasteiger partial charge in [-0.25, -0.2) is 0 Å². The summed E-state index contributed by atoms with van der Waals surface area (Å²) in [6.07, 6.45) is 9.01. The highest BCUT2D eigenvalue weighted by Gasteiger charge is 1.99. The van der Waals surface area contributed by atoms with Gasteiger partial charge < -0.3 is 15.2 Å². The fraction of sp³-hybridized carbons (Fsp3) is 0.429. The molecule has 0 spiro atoms. The van der Waals surface area contributed by atoms with Crippen molar-refractivity contribution >= 4 is 23.9 Å². The third-order valence-electron chi connectivity index (χ3n) is 3.13. The zero-order chi connectivity index (χ0) is 20.2. The van der Waals surface area contributed by atoms with Crippen molar-refractivity contribution in [2.75, 3.05) is 25.2 Å². The second-order valence-corrected chi connectivity index (χ2v) is 6.19. The first kappa shape index (κ1) is 24.9. The second kappa shape index (κ2) is 18.7. The Morgan fingerprint density at radius 3 is 2.70 bits per heavy atom. The van der Waals surface area contributed by atoms with E-state index in [4.69, 9.17) is 15.2 Å². The molecule has 27 heavy (non-hydrogen) atoms. The molecular weight excluding hydrogens is 358 g/mol. The Labute approximate surface area is 168 Å². The summed E-state index contributed by atoms with van der Waals surface area (Å²) in [4.78, 5) is 0. The monoisotopic (exact) mass is 391 g/mol. The van der Waals surface area contributed by atoms with Crippen molar-refractivity contribution in [1.82, 2.24) is 0 Å². The van der Waals surface area contributed by atoms with Crippen molar-refractivity contribution in [2.45, 2.75) is 32.7 Å². The average molecular weight is 392 g/mol. The number of allylic oxidation sites excluding steroid dienone is 2. The van der Waals surface area contributed by atoms with Crippen LogP contribution in [0.4, 0.5) is 0 Å². The highest BCUT2D eigenvalue weighted by molar-refractivity contribution is 7.99. The molecule has 1 atom stereocenters. The Hall–Kier alpha value is -2.05. The molecule has 0 amide bonds. The van der Waals surface area contributed by atoms with Crippen LogP contribution < -0.4 is 10.5 Å². The largest absolute Gasteiger partial charge is 0.493 e. The number of para-hydroxylation sites is 1. The molecule has 0 aliphatic carbocycles. The Bertz CT molecular complexity index is 560. The summed E-state index contributed by atoms with van der Waals surface area (Å²) in [5.74, 6) is 2.98. The molecule has 0 fully saturated rings. The molecule has 0 aliphatic heterocycles. The fourth-order valence-electron chi connectivity index (χ4n) is 1.72. The van der Waals surface area contributed by atoms with E-state index in [1.165, 1.54) is 0 Å². The van der Waals surface area contributed by atoms with E-state index >= 15 is 0 Å². The van der Waals surface area contributed by atoms with E-state index in [-0.39, 0.29) is 6.04 Å². The molecule has 0 saturated carbocycles. The second-order valence-electron chi connectivity index (χ2n) is 5.08. The van der Waals surface area contributed by atoms with Crippen LogP contribution in [0.1, 0.15) is 26.7 Å². The molecule has 0 bridgehead atoms. The molecule has 0 aromatic heterocycles. The number of nitrogens with zero attached hydrogens (tertiary/aromatic N) is 2. The van der Waals surface area contributed by atoms with Gasteiger partial charge in [-0.2, -0.15) is 5.10 Å². The lowest BCUT2D eigenvalue weighted by molar-refractivity contribution is 0.344. The third kappa shape index (κ3) is 14.8. The number of nitrogens with two attached hydrogens (primary N) is 1. The van der Waals surface area contributed by atoms with Crippen molar-refractivity contribution in [3.05, 3.63) is 55.1 Å². The molecule has 150 valence electrons.